The summed E-state index contributed by atoms with van der Waals surface area (Å²) in [5.41, 5.74) is 9.06. The van der Waals surface area contributed by atoms with Gasteiger partial charge < -0.3 is 10.6 Å². The third-order valence-corrected chi connectivity index (χ3v) is 5.85. The van der Waals surface area contributed by atoms with Crippen LogP contribution in [-0.2, 0) is 16.6 Å². The summed E-state index contributed by atoms with van der Waals surface area (Å²) >= 11 is 0. The first-order chi connectivity index (χ1) is 10.2. The smallest absolute Gasteiger partial charge is 0.226 e. The van der Waals surface area contributed by atoms with Gasteiger partial charge in [-0.3, -0.25) is 4.79 Å². The van der Waals surface area contributed by atoms with Crippen molar-refractivity contribution in [3.63, 3.8) is 0 Å². The van der Waals surface area contributed by atoms with E-state index in [-0.39, 0.29) is 17.4 Å². The summed E-state index contributed by atoms with van der Waals surface area (Å²) in [4.78, 5) is 14.9. The molecule has 1 aromatic carbocycles. The summed E-state index contributed by atoms with van der Waals surface area (Å²) < 4.78 is 0. The maximum Gasteiger partial charge on any atom is 0.226 e. The van der Waals surface area contributed by atoms with Crippen molar-refractivity contribution in [2.24, 2.45) is 11.7 Å². The topological polar surface area (TPSA) is 46.3 Å². The van der Waals surface area contributed by atoms with E-state index in [1.54, 1.807) is 0 Å². The van der Waals surface area contributed by atoms with Crippen LogP contribution >= 0.6 is 0 Å². The van der Waals surface area contributed by atoms with E-state index >= 15 is 0 Å². The van der Waals surface area contributed by atoms with Crippen LogP contribution in [-0.4, -0.2) is 29.9 Å². The number of hydrogen-bond donors (Lipinski definition) is 1. The number of rotatable bonds is 1. The fourth-order valence-corrected chi connectivity index (χ4v) is 4.50. The average molecular weight is 284 g/mol. The van der Waals surface area contributed by atoms with Crippen LogP contribution in [0.5, 0.6) is 0 Å². The molecular weight excluding hydrogens is 260 g/mol. The van der Waals surface area contributed by atoms with Crippen LogP contribution in [0.4, 0.5) is 0 Å². The first-order valence-corrected chi connectivity index (χ1v) is 8.33. The Morgan fingerprint density at radius 1 is 1.24 bits per heavy atom. The molecule has 1 saturated heterocycles. The maximum atomic E-state index is 12.8. The summed E-state index contributed by atoms with van der Waals surface area (Å²) in [6.07, 6.45) is 6.58. The normalized spacial score (nSPS) is 32.0. The first kappa shape index (κ1) is 13.3. The van der Waals surface area contributed by atoms with Crippen LogP contribution in [0, 0.1) is 5.92 Å². The lowest BCUT2D eigenvalue weighted by molar-refractivity contribution is -0.134. The molecule has 1 spiro atoms. The molecule has 1 amide bonds. The molecule has 4 rings (SSSR count). The summed E-state index contributed by atoms with van der Waals surface area (Å²) in [6.45, 7) is 1.71. The molecule has 2 N–H and O–H groups in total. The van der Waals surface area contributed by atoms with E-state index in [4.69, 9.17) is 5.73 Å². The number of carbonyl (C=O) groups excluding carboxylic acids is 1. The first-order valence-electron chi connectivity index (χ1n) is 8.33. The second-order valence-electron chi connectivity index (χ2n) is 7.09. The van der Waals surface area contributed by atoms with Crippen LogP contribution in [0.25, 0.3) is 0 Å². The molecule has 3 heteroatoms. The predicted molar refractivity (Wildman–Crippen MR) is 83.0 cm³/mol. The molecule has 0 aromatic heterocycles. The molecule has 0 radical (unpaired) electrons. The molecule has 112 valence electrons. The number of hydrogen-bond acceptors (Lipinski definition) is 2. The lowest BCUT2D eigenvalue weighted by Crippen LogP contribution is -2.44. The molecule has 21 heavy (non-hydrogen) atoms. The minimum Gasteiger partial charge on any atom is -0.342 e. The minimum atomic E-state index is 0.172. The Morgan fingerprint density at radius 3 is 2.81 bits per heavy atom. The van der Waals surface area contributed by atoms with E-state index in [0.29, 0.717) is 5.91 Å². The third-order valence-electron chi connectivity index (χ3n) is 5.85. The van der Waals surface area contributed by atoms with Crippen molar-refractivity contribution in [3.05, 3.63) is 35.4 Å². The summed E-state index contributed by atoms with van der Waals surface area (Å²) in [6, 6.07) is 9.05. The molecule has 1 aromatic rings. The van der Waals surface area contributed by atoms with Crippen molar-refractivity contribution in [1.82, 2.24) is 4.90 Å². The van der Waals surface area contributed by atoms with Gasteiger partial charge in [0.05, 0.1) is 0 Å². The number of amides is 1. The molecule has 2 aliphatic carbocycles. The SMILES string of the molecule is NC1CCN(C(=O)C2CC23CCCc2ccccc23)CC1. The van der Waals surface area contributed by atoms with Gasteiger partial charge in [-0.05, 0) is 49.7 Å². The second-order valence-corrected chi connectivity index (χ2v) is 7.09. The molecule has 1 aliphatic heterocycles. The van der Waals surface area contributed by atoms with Crippen LogP contribution in [0.15, 0.2) is 24.3 Å². The number of fused-ring (bicyclic) bond motifs is 2. The Labute approximate surface area is 126 Å². The lowest BCUT2D eigenvalue weighted by atomic mass is 9.78. The highest BCUT2D eigenvalue weighted by molar-refractivity contribution is 5.85. The van der Waals surface area contributed by atoms with E-state index in [1.807, 2.05) is 0 Å². The average Bonchev–Trinajstić information content (AvgIpc) is 3.23. The maximum absolute atomic E-state index is 12.8. The summed E-state index contributed by atoms with van der Waals surface area (Å²) in [7, 11) is 0. The van der Waals surface area contributed by atoms with E-state index in [0.717, 1.165) is 32.4 Å². The van der Waals surface area contributed by atoms with Gasteiger partial charge >= 0.3 is 0 Å². The molecule has 1 saturated carbocycles. The Hall–Kier alpha value is -1.35. The summed E-state index contributed by atoms with van der Waals surface area (Å²) in [5.74, 6) is 0.617. The number of nitrogens with zero attached hydrogens (tertiary/aromatic N) is 1. The molecule has 3 nitrogen and oxygen atoms in total. The van der Waals surface area contributed by atoms with Crippen LogP contribution in [0.2, 0.25) is 0 Å². The zero-order valence-corrected chi connectivity index (χ0v) is 12.6. The van der Waals surface area contributed by atoms with Crippen LogP contribution < -0.4 is 5.73 Å². The number of carbonyl (C=O) groups is 1. The van der Waals surface area contributed by atoms with Crippen molar-refractivity contribution in [2.75, 3.05) is 13.1 Å². The number of aryl methyl sites for hydroxylation is 1. The van der Waals surface area contributed by atoms with Crippen molar-refractivity contribution in [1.29, 1.82) is 0 Å². The Balaban J connectivity index is 1.54. The molecule has 2 unspecified atom stereocenters. The van der Waals surface area contributed by atoms with E-state index in [9.17, 15) is 4.79 Å². The highest BCUT2D eigenvalue weighted by atomic mass is 16.2. The Morgan fingerprint density at radius 2 is 2.00 bits per heavy atom. The molecule has 3 aliphatic rings. The fraction of sp³-hybridized carbons (Fsp3) is 0.611. The van der Waals surface area contributed by atoms with E-state index in [2.05, 4.69) is 29.2 Å². The minimum absolute atomic E-state index is 0.172. The highest BCUT2D eigenvalue weighted by Gasteiger charge is 2.60. The van der Waals surface area contributed by atoms with Gasteiger partial charge in [-0.25, -0.2) is 0 Å². The van der Waals surface area contributed by atoms with Crippen LogP contribution in [0.1, 0.15) is 43.2 Å². The third kappa shape index (κ3) is 2.10. The van der Waals surface area contributed by atoms with Gasteiger partial charge in [-0.2, -0.15) is 0 Å². The predicted octanol–water partition coefficient (Wildman–Crippen LogP) is 2.23. The lowest BCUT2D eigenvalue weighted by Gasteiger charge is -2.32. The van der Waals surface area contributed by atoms with Gasteiger partial charge in [0.15, 0.2) is 0 Å². The molecule has 1 heterocycles. The van der Waals surface area contributed by atoms with E-state index in [1.165, 1.54) is 30.4 Å². The summed E-state index contributed by atoms with van der Waals surface area (Å²) in [5, 5.41) is 0. The van der Waals surface area contributed by atoms with Crippen molar-refractivity contribution in [2.45, 2.75) is 50.0 Å². The quantitative estimate of drug-likeness (QED) is 0.859. The Kier molecular flexibility index (Phi) is 3.07. The monoisotopic (exact) mass is 284 g/mol. The van der Waals surface area contributed by atoms with Gasteiger partial charge in [0, 0.05) is 30.5 Å². The van der Waals surface area contributed by atoms with Gasteiger partial charge in [0.25, 0.3) is 0 Å². The highest BCUT2D eigenvalue weighted by Crippen LogP contribution is 2.60. The standard InChI is InChI=1S/C18H24N2O/c19-14-7-10-20(11-8-14)17(21)16-12-18(16)9-3-5-13-4-1-2-6-15(13)18/h1-2,4,6,14,16H,3,5,7-12,19H2. The van der Waals surface area contributed by atoms with Crippen molar-refractivity contribution < 1.29 is 4.79 Å². The number of benzene rings is 1. The second kappa shape index (κ2) is 4.84. The number of piperidine rings is 1. The Bertz CT molecular complexity index is 562. The van der Waals surface area contributed by atoms with Gasteiger partial charge in [0.2, 0.25) is 5.91 Å². The molecule has 2 atom stereocenters. The molecule has 2 fully saturated rings. The molecule has 0 bridgehead atoms. The fourth-order valence-electron chi connectivity index (χ4n) is 4.50. The number of nitrogens with two attached hydrogens (primary N) is 1. The van der Waals surface area contributed by atoms with Crippen molar-refractivity contribution >= 4 is 5.91 Å². The van der Waals surface area contributed by atoms with Gasteiger partial charge in [-0.15, -0.1) is 0 Å². The van der Waals surface area contributed by atoms with Gasteiger partial charge in [-0.1, -0.05) is 24.3 Å². The van der Waals surface area contributed by atoms with E-state index < -0.39 is 0 Å². The largest absolute Gasteiger partial charge is 0.342 e. The van der Waals surface area contributed by atoms with Gasteiger partial charge in [0.1, 0.15) is 0 Å². The van der Waals surface area contributed by atoms with Crippen LogP contribution in [0.3, 0.4) is 0 Å². The molecular formula is C18H24N2O. The number of likely N-dealkylation sites (tertiary alicyclic amines) is 1. The zero-order chi connectivity index (χ0) is 14.4. The van der Waals surface area contributed by atoms with Crippen molar-refractivity contribution in [3.8, 4) is 0 Å². The zero-order valence-electron chi connectivity index (χ0n) is 12.6.